The van der Waals surface area contributed by atoms with E-state index in [9.17, 15) is 14.5 Å². The molecule has 8 heteroatoms. The molecule has 7 nitrogen and oxygen atoms in total. The molecule has 0 saturated carbocycles. The van der Waals surface area contributed by atoms with Crippen molar-refractivity contribution in [3.05, 3.63) is 52.0 Å². The summed E-state index contributed by atoms with van der Waals surface area (Å²) in [6.07, 6.45) is 0.795. The van der Waals surface area contributed by atoms with Gasteiger partial charge in [0.25, 0.3) is 0 Å². The van der Waals surface area contributed by atoms with Crippen LogP contribution in [0.4, 0.5) is 21.6 Å². The Morgan fingerprint density at radius 1 is 1.08 bits per heavy atom. The summed E-state index contributed by atoms with van der Waals surface area (Å²) in [6.45, 7) is 4.48. The van der Waals surface area contributed by atoms with Gasteiger partial charge >= 0.3 is 5.69 Å². The highest BCUT2D eigenvalue weighted by molar-refractivity contribution is 5.64. The minimum atomic E-state index is -0.803. The Kier molecular flexibility index (Phi) is 4.54. The summed E-state index contributed by atoms with van der Waals surface area (Å²) in [4.78, 5) is 14.5. The molecule has 0 spiro atoms. The molecule has 0 radical (unpaired) electrons. The average molecular weight is 331 g/mol. The molecule has 0 bridgehead atoms. The van der Waals surface area contributed by atoms with E-state index in [4.69, 9.17) is 0 Å². The predicted octanol–water partition coefficient (Wildman–Crippen LogP) is 2.55. The van der Waals surface area contributed by atoms with Crippen LogP contribution in [0.1, 0.15) is 12.1 Å². The van der Waals surface area contributed by atoms with E-state index in [1.54, 1.807) is 6.07 Å². The fraction of sp³-hybridized carbons (Fsp3) is 0.375. The number of anilines is 2. The van der Waals surface area contributed by atoms with Gasteiger partial charge in [0.2, 0.25) is 5.82 Å². The minimum absolute atomic E-state index is 0.330. The van der Waals surface area contributed by atoms with Crippen LogP contribution in [-0.2, 0) is 0 Å². The third kappa shape index (κ3) is 3.27. The molecule has 1 aromatic carbocycles. The first-order chi connectivity index (χ1) is 11.6. The fourth-order valence-electron chi connectivity index (χ4n) is 2.89. The monoisotopic (exact) mass is 331 g/mol. The van der Waals surface area contributed by atoms with Gasteiger partial charge in [0.1, 0.15) is 5.69 Å². The van der Waals surface area contributed by atoms with Gasteiger partial charge in [-0.05, 0) is 37.6 Å². The molecule has 126 valence electrons. The highest BCUT2D eigenvalue weighted by atomic mass is 19.1. The first kappa shape index (κ1) is 16.1. The van der Waals surface area contributed by atoms with E-state index in [0.717, 1.165) is 30.5 Å². The molecule has 2 aromatic rings. The summed E-state index contributed by atoms with van der Waals surface area (Å²) in [7, 11) is 0. The summed E-state index contributed by atoms with van der Waals surface area (Å²) < 4.78 is 13.8. The second kappa shape index (κ2) is 6.77. The number of para-hydroxylation sites is 1. The summed E-state index contributed by atoms with van der Waals surface area (Å²) >= 11 is 0. The van der Waals surface area contributed by atoms with Gasteiger partial charge < -0.3 is 9.80 Å². The van der Waals surface area contributed by atoms with E-state index in [2.05, 4.69) is 15.1 Å². The first-order valence-corrected chi connectivity index (χ1v) is 7.79. The van der Waals surface area contributed by atoms with Crippen molar-refractivity contribution in [3.8, 4) is 0 Å². The number of benzene rings is 1. The van der Waals surface area contributed by atoms with Crippen LogP contribution in [0.2, 0.25) is 0 Å². The van der Waals surface area contributed by atoms with Crippen LogP contribution in [0.25, 0.3) is 0 Å². The van der Waals surface area contributed by atoms with E-state index < -0.39 is 16.4 Å². The van der Waals surface area contributed by atoms with Crippen LogP contribution >= 0.6 is 0 Å². The molecule has 1 aliphatic heterocycles. The van der Waals surface area contributed by atoms with E-state index in [1.807, 2.05) is 24.0 Å². The molecule has 3 rings (SSSR count). The Balaban J connectivity index is 1.80. The second-order valence-corrected chi connectivity index (χ2v) is 5.73. The molecule has 24 heavy (non-hydrogen) atoms. The van der Waals surface area contributed by atoms with Gasteiger partial charge in [0.15, 0.2) is 5.82 Å². The molecule has 0 unspecified atom stereocenters. The van der Waals surface area contributed by atoms with Crippen LogP contribution in [0.5, 0.6) is 0 Å². The number of nitrogens with zero attached hydrogens (tertiary/aromatic N) is 5. The Bertz CT molecular complexity index is 738. The van der Waals surface area contributed by atoms with Gasteiger partial charge in [0.05, 0.1) is 10.6 Å². The molecule has 0 atom stereocenters. The molecule has 1 fully saturated rings. The van der Waals surface area contributed by atoms with Crippen molar-refractivity contribution in [1.82, 2.24) is 10.2 Å². The SMILES string of the molecule is Cc1ccc(N2CCCN(c3cccc(F)c3[N+](=O)[O-])CC2)nn1. The number of aryl methyl sites for hydroxylation is 1. The van der Waals surface area contributed by atoms with Crippen LogP contribution in [-0.4, -0.2) is 41.3 Å². The molecular formula is C16H18FN5O2. The van der Waals surface area contributed by atoms with E-state index in [-0.39, 0.29) is 0 Å². The van der Waals surface area contributed by atoms with Gasteiger partial charge in [0, 0.05) is 26.2 Å². The average Bonchev–Trinajstić information content (AvgIpc) is 2.81. The quantitative estimate of drug-likeness (QED) is 0.635. The number of hydrogen-bond acceptors (Lipinski definition) is 6. The maximum Gasteiger partial charge on any atom is 0.327 e. The third-order valence-electron chi connectivity index (χ3n) is 4.09. The van der Waals surface area contributed by atoms with Crippen molar-refractivity contribution in [2.24, 2.45) is 0 Å². The molecule has 1 saturated heterocycles. The molecule has 0 aliphatic carbocycles. The number of aromatic nitrogens is 2. The number of nitro benzene ring substituents is 1. The Morgan fingerprint density at radius 2 is 1.83 bits per heavy atom. The number of hydrogen-bond donors (Lipinski definition) is 0. The molecule has 0 N–H and O–H groups in total. The van der Waals surface area contributed by atoms with Crippen LogP contribution in [0.3, 0.4) is 0 Å². The zero-order chi connectivity index (χ0) is 17.1. The predicted molar refractivity (Wildman–Crippen MR) is 88.9 cm³/mol. The second-order valence-electron chi connectivity index (χ2n) is 5.73. The van der Waals surface area contributed by atoms with Crippen LogP contribution in [0, 0.1) is 22.9 Å². The molecule has 1 aliphatic rings. The topological polar surface area (TPSA) is 75.4 Å². The highest BCUT2D eigenvalue weighted by Crippen LogP contribution is 2.31. The highest BCUT2D eigenvalue weighted by Gasteiger charge is 2.26. The lowest BCUT2D eigenvalue weighted by Gasteiger charge is -2.23. The maximum atomic E-state index is 13.8. The van der Waals surface area contributed by atoms with E-state index in [0.29, 0.717) is 25.3 Å². The summed E-state index contributed by atoms with van der Waals surface area (Å²) in [5.41, 5.74) is 0.725. The van der Waals surface area contributed by atoms with E-state index >= 15 is 0 Å². The summed E-state index contributed by atoms with van der Waals surface area (Å²) in [5.74, 6) is -0.0146. The van der Waals surface area contributed by atoms with Crippen molar-refractivity contribution in [1.29, 1.82) is 0 Å². The van der Waals surface area contributed by atoms with Crippen molar-refractivity contribution in [3.63, 3.8) is 0 Å². The van der Waals surface area contributed by atoms with Gasteiger partial charge in [-0.3, -0.25) is 10.1 Å². The molecule has 0 amide bonds. The number of halogens is 1. The number of rotatable bonds is 3. The Labute approximate surface area is 138 Å². The fourth-order valence-corrected chi connectivity index (χ4v) is 2.89. The lowest BCUT2D eigenvalue weighted by Crippen LogP contribution is -2.31. The Morgan fingerprint density at radius 3 is 2.54 bits per heavy atom. The van der Waals surface area contributed by atoms with Gasteiger partial charge in [-0.15, -0.1) is 5.10 Å². The first-order valence-electron chi connectivity index (χ1n) is 7.79. The van der Waals surface area contributed by atoms with E-state index in [1.165, 1.54) is 6.07 Å². The molecular weight excluding hydrogens is 313 g/mol. The van der Waals surface area contributed by atoms with Crippen LogP contribution < -0.4 is 9.80 Å². The minimum Gasteiger partial charge on any atom is -0.364 e. The van der Waals surface area contributed by atoms with Crippen molar-refractivity contribution in [2.75, 3.05) is 36.0 Å². The number of nitro groups is 1. The molecule has 2 heterocycles. The largest absolute Gasteiger partial charge is 0.364 e. The standard InChI is InChI=1S/C16H18FN5O2/c1-12-6-7-15(19-18-12)21-9-3-8-20(10-11-21)14-5-2-4-13(17)16(14)22(23)24/h2,4-7H,3,8-11H2,1H3. The third-order valence-corrected chi connectivity index (χ3v) is 4.09. The van der Waals surface area contributed by atoms with Crippen molar-refractivity contribution < 1.29 is 9.31 Å². The zero-order valence-corrected chi connectivity index (χ0v) is 13.4. The summed E-state index contributed by atoms with van der Waals surface area (Å²) in [5, 5.41) is 19.5. The van der Waals surface area contributed by atoms with Gasteiger partial charge in [-0.1, -0.05) is 6.07 Å². The lowest BCUT2D eigenvalue weighted by atomic mass is 10.2. The Hall–Kier alpha value is -2.77. The smallest absolute Gasteiger partial charge is 0.327 e. The lowest BCUT2D eigenvalue weighted by molar-refractivity contribution is -0.386. The normalized spacial score (nSPS) is 15.2. The van der Waals surface area contributed by atoms with Crippen molar-refractivity contribution >= 4 is 17.2 Å². The maximum absolute atomic E-state index is 13.8. The van der Waals surface area contributed by atoms with Gasteiger partial charge in [-0.2, -0.15) is 9.49 Å². The van der Waals surface area contributed by atoms with Crippen molar-refractivity contribution in [2.45, 2.75) is 13.3 Å². The zero-order valence-electron chi connectivity index (χ0n) is 13.4. The summed E-state index contributed by atoms with van der Waals surface area (Å²) in [6, 6.07) is 8.05. The molecule has 1 aromatic heterocycles. The van der Waals surface area contributed by atoms with Gasteiger partial charge in [-0.25, -0.2) is 0 Å². The van der Waals surface area contributed by atoms with Crippen LogP contribution in [0.15, 0.2) is 30.3 Å².